The molecule has 8 heteroatoms. The van der Waals surface area contributed by atoms with Gasteiger partial charge in [0.05, 0.1) is 10.2 Å². The summed E-state index contributed by atoms with van der Waals surface area (Å²) in [6.07, 6.45) is 0. The van der Waals surface area contributed by atoms with Crippen molar-refractivity contribution in [3.63, 3.8) is 0 Å². The summed E-state index contributed by atoms with van der Waals surface area (Å²) in [6, 6.07) is 1.20. The zero-order chi connectivity index (χ0) is 13.0. The number of hydrogen-bond donors (Lipinski definition) is 3. The van der Waals surface area contributed by atoms with Crippen LogP contribution in [0.2, 0.25) is 0 Å². The van der Waals surface area contributed by atoms with Gasteiger partial charge >= 0.3 is 6.03 Å². The van der Waals surface area contributed by atoms with Crippen LogP contribution in [0.1, 0.15) is 0 Å². The first-order valence-corrected chi connectivity index (χ1v) is 5.16. The minimum absolute atomic E-state index is 0.0313. The van der Waals surface area contributed by atoms with Gasteiger partial charge in [-0.2, -0.15) is 0 Å². The average molecular weight is 306 g/mol. The van der Waals surface area contributed by atoms with E-state index in [4.69, 9.17) is 16.2 Å². The lowest BCUT2D eigenvalue weighted by atomic mass is 10.3. The van der Waals surface area contributed by atoms with E-state index in [0.717, 1.165) is 12.1 Å². The Labute approximate surface area is 104 Å². The van der Waals surface area contributed by atoms with Crippen molar-refractivity contribution in [1.82, 2.24) is 5.32 Å². The van der Waals surface area contributed by atoms with Gasteiger partial charge in [-0.25, -0.2) is 9.18 Å². The maximum atomic E-state index is 12.9. The normalized spacial score (nSPS) is 9.76. The van der Waals surface area contributed by atoms with E-state index in [-0.39, 0.29) is 15.9 Å². The molecule has 0 saturated heterocycles. The number of urea groups is 1. The molecule has 0 aromatic heterocycles. The van der Waals surface area contributed by atoms with Gasteiger partial charge < -0.3 is 16.2 Å². The summed E-state index contributed by atoms with van der Waals surface area (Å²) in [4.78, 5) is 21.4. The fourth-order valence-electron chi connectivity index (χ4n) is 1.04. The molecule has 1 aromatic carbocycles. The van der Waals surface area contributed by atoms with Crippen molar-refractivity contribution < 1.29 is 18.7 Å². The molecule has 3 amide bonds. The number of anilines is 1. The van der Waals surface area contributed by atoms with Gasteiger partial charge in [0.15, 0.2) is 12.4 Å². The van der Waals surface area contributed by atoms with Gasteiger partial charge in [-0.3, -0.25) is 10.1 Å². The van der Waals surface area contributed by atoms with Gasteiger partial charge in [-0.15, -0.1) is 0 Å². The van der Waals surface area contributed by atoms with Crippen LogP contribution in [0.5, 0.6) is 5.75 Å². The van der Waals surface area contributed by atoms with Crippen LogP contribution in [0.25, 0.3) is 0 Å². The molecule has 0 aliphatic heterocycles. The highest BCUT2D eigenvalue weighted by Crippen LogP contribution is 2.32. The van der Waals surface area contributed by atoms with Gasteiger partial charge in [0.25, 0.3) is 5.91 Å². The Balaban J connectivity index is 2.70. The Hall–Kier alpha value is -1.83. The summed E-state index contributed by atoms with van der Waals surface area (Å²) in [6.45, 7) is -0.461. The van der Waals surface area contributed by atoms with Crippen LogP contribution in [-0.2, 0) is 4.79 Å². The van der Waals surface area contributed by atoms with E-state index in [2.05, 4.69) is 15.9 Å². The quantitative estimate of drug-likeness (QED) is 0.716. The van der Waals surface area contributed by atoms with E-state index in [9.17, 15) is 14.0 Å². The molecule has 92 valence electrons. The number of nitrogens with two attached hydrogens (primary N) is 2. The van der Waals surface area contributed by atoms with E-state index in [1.165, 1.54) is 0 Å². The van der Waals surface area contributed by atoms with Crippen LogP contribution >= 0.6 is 15.9 Å². The second-order valence-corrected chi connectivity index (χ2v) is 3.86. The first kappa shape index (κ1) is 13.2. The molecule has 0 fully saturated rings. The second kappa shape index (κ2) is 5.48. The van der Waals surface area contributed by atoms with Crippen molar-refractivity contribution in [3.8, 4) is 5.75 Å². The summed E-state index contributed by atoms with van der Waals surface area (Å²) in [5, 5.41) is 1.81. The summed E-state index contributed by atoms with van der Waals surface area (Å²) >= 11 is 3.03. The van der Waals surface area contributed by atoms with Gasteiger partial charge in [-0.1, -0.05) is 0 Å². The lowest BCUT2D eigenvalue weighted by Crippen LogP contribution is -2.38. The van der Waals surface area contributed by atoms with Gasteiger partial charge in [0.1, 0.15) is 5.82 Å². The Bertz CT molecular complexity index is 444. The summed E-state index contributed by atoms with van der Waals surface area (Å²) < 4.78 is 18.2. The van der Waals surface area contributed by atoms with E-state index in [0.29, 0.717) is 0 Å². The van der Waals surface area contributed by atoms with Crippen LogP contribution in [0.4, 0.5) is 14.9 Å². The van der Waals surface area contributed by atoms with Crippen molar-refractivity contribution in [2.45, 2.75) is 0 Å². The average Bonchev–Trinajstić information content (AvgIpc) is 2.14. The van der Waals surface area contributed by atoms with Crippen LogP contribution in [0.15, 0.2) is 16.6 Å². The number of amides is 3. The number of ether oxygens (including phenoxy) is 1. The van der Waals surface area contributed by atoms with Crippen molar-refractivity contribution in [1.29, 1.82) is 0 Å². The third-order valence-corrected chi connectivity index (χ3v) is 2.24. The summed E-state index contributed by atoms with van der Waals surface area (Å²) in [7, 11) is 0. The minimum atomic E-state index is -0.982. The third kappa shape index (κ3) is 3.91. The molecule has 1 aromatic rings. The summed E-state index contributed by atoms with van der Waals surface area (Å²) in [5.41, 5.74) is 10.3. The standard InChI is InChI=1S/C9H9BrFN3O3/c10-5-1-4(11)2-6(12)8(5)17-3-7(15)14-9(13)16/h1-2H,3,12H2,(H3,13,14,15,16). The maximum absolute atomic E-state index is 12.9. The highest BCUT2D eigenvalue weighted by molar-refractivity contribution is 9.10. The molecule has 0 radical (unpaired) electrons. The molecule has 0 aliphatic rings. The van der Waals surface area contributed by atoms with Crippen molar-refractivity contribution in [2.75, 3.05) is 12.3 Å². The first-order chi connectivity index (χ1) is 7.90. The number of nitrogens with one attached hydrogen (secondary N) is 1. The number of imide groups is 1. The molecule has 6 nitrogen and oxygen atoms in total. The third-order valence-electron chi connectivity index (χ3n) is 1.65. The maximum Gasteiger partial charge on any atom is 0.318 e. The number of hydrogen-bond acceptors (Lipinski definition) is 4. The molecule has 0 aliphatic carbocycles. The lowest BCUT2D eigenvalue weighted by Gasteiger charge is -2.10. The Kier molecular flexibility index (Phi) is 4.27. The van der Waals surface area contributed by atoms with Gasteiger partial charge in [-0.05, 0) is 22.0 Å². The lowest BCUT2D eigenvalue weighted by molar-refractivity contribution is -0.121. The number of nitrogen functional groups attached to an aromatic ring is 1. The molecule has 0 bridgehead atoms. The van der Waals surface area contributed by atoms with Crippen LogP contribution < -0.4 is 21.5 Å². The number of carbonyl (C=O) groups excluding carboxylic acids is 2. The first-order valence-electron chi connectivity index (χ1n) is 4.36. The number of benzene rings is 1. The van der Waals surface area contributed by atoms with Crippen molar-refractivity contribution in [3.05, 3.63) is 22.4 Å². The van der Waals surface area contributed by atoms with E-state index in [1.807, 2.05) is 5.32 Å². The number of rotatable bonds is 3. The topological polar surface area (TPSA) is 107 Å². The Morgan fingerprint density at radius 3 is 2.65 bits per heavy atom. The van der Waals surface area contributed by atoms with Crippen LogP contribution in [-0.4, -0.2) is 18.5 Å². The largest absolute Gasteiger partial charge is 0.480 e. The van der Waals surface area contributed by atoms with E-state index >= 15 is 0 Å². The number of halogens is 2. The van der Waals surface area contributed by atoms with Crippen LogP contribution in [0, 0.1) is 5.82 Å². The van der Waals surface area contributed by atoms with Crippen LogP contribution in [0.3, 0.4) is 0 Å². The zero-order valence-corrected chi connectivity index (χ0v) is 10.1. The molecule has 0 heterocycles. The van der Waals surface area contributed by atoms with Crippen molar-refractivity contribution >= 4 is 33.6 Å². The van der Waals surface area contributed by atoms with Gasteiger partial charge in [0.2, 0.25) is 0 Å². The molecule has 5 N–H and O–H groups in total. The molecule has 0 atom stereocenters. The van der Waals surface area contributed by atoms with E-state index < -0.39 is 24.4 Å². The minimum Gasteiger partial charge on any atom is -0.480 e. The molecular weight excluding hydrogens is 297 g/mol. The zero-order valence-electron chi connectivity index (χ0n) is 8.50. The second-order valence-electron chi connectivity index (χ2n) is 3.01. The smallest absolute Gasteiger partial charge is 0.318 e. The van der Waals surface area contributed by atoms with Crippen molar-refractivity contribution in [2.24, 2.45) is 5.73 Å². The highest BCUT2D eigenvalue weighted by atomic mass is 79.9. The molecule has 0 spiro atoms. The monoisotopic (exact) mass is 305 g/mol. The molecule has 1 rings (SSSR count). The Morgan fingerprint density at radius 1 is 1.47 bits per heavy atom. The highest BCUT2D eigenvalue weighted by Gasteiger charge is 2.11. The Morgan fingerprint density at radius 2 is 2.12 bits per heavy atom. The number of carbonyl (C=O) groups is 2. The summed E-state index contributed by atoms with van der Waals surface area (Å²) in [5.74, 6) is -1.15. The van der Waals surface area contributed by atoms with Gasteiger partial charge in [0, 0.05) is 6.07 Å². The fraction of sp³-hybridized carbons (Fsp3) is 0.111. The predicted octanol–water partition coefficient (Wildman–Crippen LogP) is 0.744. The molecular formula is C9H9BrFN3O3. The number of primary amides is 1. The SMILES string of the molecule is NC(=O)NC(=O)COc1c(N)cc(F)cc1Br. The fourth-order valence-corrected chi connectivity index (χ4v) is 1.61. The predicted molar refractivity (Wildman–Crippen MR) is 61.7 cm³/mol. The molecule has 17 heavy (non-hydrogen) atoms. The molecule has 0 unspecified atom stereocenters. The molecule has 0 saturated carbocycles. The van der Waals surface area contributed by atoms with E-state index in [1.54, 1.807) is 0 Å².